The van der Waals surface area contributed by atoms with Crippen LogP contribution in [-0.4, -0.2) is 32.8 Å². The van der Waals surface area contributed by atoms with Crippen LogP contribution in [0.15, 0.2) is 30.3 Å². The van der Waals surface area contributed by atoms with Crippen LogP contribution in [-0.2, 0) is 0 Å². The van der Waals surface area contributed by atoms with E-state index in [-0.39, 0.29) is 11.0 Å². The van der Waals surface area contributed by atoms with Crippen LogP contribution in [0.4, 0.5) is 10.5 Å². The van der Waals surface area contributed by atoms with Crippen molar-refractivity contribution in [2.24, 2.45) is 0 Å². The Morgan fingerprint density at radius 3 is 2.68 bits per heavy atom. The van der Waals surface area contributed by atoms with E-state index in [0.717, 1.165) is 16.4 Å². The molecule has 0 aliphatic rings. The lowest BCUT2D eigenvalue weighted by molar-refractivity contribution is 0.181. The number of rotatable bonds is 5. The standard InChI is InChI=1S/C12H10Cl2N4O3S/c1-18(12(19)20)22-17-7-2-3-9(8(13)6-7)21-11-5-4-10(14)15-16-11/h2-6,17H,1H3,(H,19,20). The van der Waals surface area contributed by atoms with Crippen LogP contribution in [0.1, 0.15) is 0 Å². The summed E-state index contributed by atoms with van der Waals surface area (Å²) in [6.45, 7) is 0. The molecule has 1 aromatic carbocycles. The quantitative estimate of drug-likeness (QED) is 0.773. The number of nitrogens with zero attached hydrogens (tertiary/aromatic N) is 3. The molecular formula is C12H10Cl2N4O3S. The Balaban J connectivity index is 2.03. The van der Waals surface area contributed by atoms with E-state index in [4.69, 9.17) is 33.0 Å². The first-order valence-corrected chi connectivity index (χ1v) is 7.35. The second-order valence-electron chi connectivity index (χ2n) is 3.91. The van der Waals surface area contributed by atoms with Gasteiger partial charge in [-0.2, -0.15) is 0 Å². The molecule has 0 radical (unpaired) electrons. The number of carboxylic acid groups (broad SMARTS) is 1. The van der Waals surface area contributed by atoms with Gasteiger partial charge in [-0.05, 0) is 24.3 Å². The van der Waals surface area contributed by atoms with Crippen LogP contribution in [0.25, 0.3) is 0 Å². The van der Waals surface area contributed by atoms with Gasteiger partial charge in [0.15, 0.2) is 5.15 Å². The van der Waals surface area contributed by atoms with Gasteiger partial charge in [0.1, 0.15) is 5.75 Å². The van der Waals surface area contributed by atoms with Gasteiger partial charge in [-0.15, -0.1) is 10.2 Å². The molecular weight excluding hydrogens is 351 g/mol. The van der Waals surface area contributed by atoms with Crippen molar-refractivity contribution in [2.45, 2.75) is 0 Å². The van der Waals surface area contributed by atoms with E-state index < -0.39 is 6.09 Å². The van der Waals surface area contributed by atoms with E-state index in [2.05, 4.69) is 14.9 Å². The van der Waals surface area contributed by atoms with Gasteiger partial charge in [0.2, 0.25) is 5.88 Å². The first kappa shape index (κ1) is 16.5. The molecule has 1 heterocycles. The molecule has 2 rings (SSSR count). The van der Waals surface area contributed by atoms with Crippen molar-refractivity contribution in [3.63, 3.8) is 0 Å². The molecule has 0 saturated heterocycles. The zero-order chi connectivity index (χ0) is 16.1. The maximum absolute atomic E-state index is 10.7. The van der Waals surface area contributed by atoms with E-state index in [1.165, 1.54) is 7.05 Å². The monoisotopic (exact) mass is 360 g/mol. The van der Waals surface area contributed by atoms with Gasteiger partial charge in [0, 0.05) is 18.8 Å². The van der Waals surface area contributed by atoms with Crippen LogP contribution < -0.4 is 9.46 Å². The summed E-state index contributed by atoms with van der Waals surface area (Å²) in [5.41, 5.74) is 0.623. The fourth-order valence-electron chi connectivity index (χ4n) is 1.28. The molecule has 7 nitrogen and oxygen atoms in total. The first-order valence-electron chi connectivity index (χ1n) is 5.82. The van der Waals surface area contributed by atoms with Crippen LogP contribution in [0.5, 0.6) is 11.6 Å². The molecule has 1 amide bonds. The molecule has 0 fully saturated rings. The highest BCUT2D eigenvalue weighted by Crippen LogP contribution is 2.31. The number of benzene rings is 1. The number of amides is 1. The summed E-state index contributed by atoms with van der Waals surface area (Å²) in [6.07, 6.45) is -1.06. The third-order valence-corrected chi connectivity index (χ3v) is 3.58. The number of hydrogen-bond acceptors (Lipinski definition) is 6. The van der Waals surface area contributed by atoms with Gasteiger partial charge in [0.25, 0.3) is 0 Å². The summed E-state index contributed by atoms with van der Waals surface area (Å²) in [5, 5.41) is 16.8. The molecule has 2 aromatic rings. The molecule has 0 spiro atoms. The summed E-state index contributed by atoms with van der Waals surface area (Å²) < 4.78 is 9.34. The lowest BCUT2D eigenvalue weighted by Gasteiger charge is -2.13. The van der Waals surface area contributed by atoms with Crippen molar-refractivity contribution in [1.29, 1.82) is 0 Å². The van der Waals surface area contributed by atoms with E-state index in [9.17, 15) is 4.79 Å². The average molecular weight is 361 g/mol. The Morgan fingerprint density at radius 2 is 2.09 bits per heavy atom. The van der Waals surface area contributed by atoms with Gasteiger partial charge >= 0.3 is 6.09 Å². The highest BCUT2D eigenvalue weighted by molar-refractivity contribution is 7.98. The highest BCUT2D eigenvalue weighted by atomic mass is 35.5. The average Bonchev–Trinajstić information content (AvgIpc) is 2.49. The number of nitrogens with one attached hydrogen (secondary N) is 1. The van der Waals surface area contributed by atoms with Gasteiger partial charge in [-0.25, -0.2) is 9.10 Å². The summed E-state index contributed by atoms with van der Waals surface area (Å²) in [7, 11) is 1.41. The van der Waals surface area contributed by atoms with Gasteiger partial charge in [-0.3, -0.25) is 0 Å². The number of halogens is 2. The fraction of sp³-hybridized carbons (Fsp3) is 0.0833. The van der Waals surface area contributed by atoms with Crippen molar-refractivity contribution >= 4 is 47.1 Å². The predicted molar refractivity (Wildman–Crippen MR) is 85.6 cm³/mol. The first-order chi connectivity index (χ1) is 10.5. The molecule has 0 bridgehead atoms. The molecule has 116 valence electrons. The summed E-state index contributed by atoms with van der Waals surface area (Å²) in [6, 6.07) is 8.03. The molecule has 0 saturated carbocycles. The second kappa shape index (κ2) is 7.39. The molecule has 0 aliphatic heterocycles. The number of hydrogen-bond donors (Lipinski definition) is 2. The van der Waals surface area contributed by atoms with Crippen molar-refractivity contribution in [3.8, 4) is 11.6 Å². The van der Waals surface area contributed by atoms with E-state index in [1.807, 2.05) is 0 Å². The van der Waals surface area contributed by atoms with Crippen molar-refractivity contribution in [3.05, 3.63) is 40.5 Å². The predicted octanol–water partition coefficient (Wildman–Crippen LogP) is 4.16. The minimum atomic E-state index is -1.06. The van der Waals surface area contributed by atoms with E-state index in [1.54, 1.807) is 30.3 Å². The number of anilines is 1. The number of ether oxygens (including phenoxy) is 1. The fourth-order valence-corrected chi connectivity index (χ4v) is 2.05. The zero-order valence-corrected chi connectivity index (χ0v) is 13.5. The Kier molecular flexibility index (Phi) is 5.53. The zero-order valence-electron chi connectivity index (χ0n) is 11.2. The normalized spacial score (nSPS) is 10.1. The van der Waals surface area contributed by atoms with E-state index >= 15 is 0 Å². The Morgan fingerprint density at radius 1 is 1.32 bits per heavy atom. The van der Waals surface area contributed by atoms with Gasteiger partial charge in [-0.1, -0.05) is 23.2 Å². The minimum Gasteiger partial charge on any atom is -0.464 e. The SMILES string of the molecule is CN(SNc1ccc(Oc2ccc(Cl)nn2)c(Cl)c1)C(=O)O. The second-order valence-corrected chi connectivity index (χ2v) is 5.64. The minimum absolute atomic E-state index is 0.256. The molecule has 2 N–H and O–H groups in total. The Labute approximate surface area is 140 Å². The van der Waals surface area contributed by atoms with Gasteiger partial charge in [0.05, 0.1) is 17.2 Å². The molecule has 0 atom stereocenters. The molecule has 22 heavy (non-hydrogen) atoms. The third-order valence-electron chi connectivity index (χ3n) is 2.32. The molecule has 10 heteroatoms. The lowest BCUT2D eigenvalue weighted by Crippen LogP contribution is -2.18. The van der Waals surface area contributed by atoms with Crippen LogP contribution >= 0.6 is 35.3 Å². The molecule has 0 aliphatic carbocycles. The largest absolute Gasteiger partial charge is 0.464 e. The van der Waals surface area contributed by atoms with Gasteiger partial charge < -0.3 is 14.6 Å². The van der Waals surface area contributed by atoms with Crippen LogP contribution in [0.3, 0.4) is 0 Å². The molecule has 0 unspecified atom stereocenters. The third kappa shape index (κ3) is 4.55. The highest BCUT2D eigenvalue weighted by Gasteiger charge is 2.09. The Bertz CT molecular complexity index is 672. The van der Waals surface area contributed by atoms with E-state index in [0.29, 0.717) is 16.5 Å². The number of aromatic nitrogens is 2. The summed E-state index contributed by atoms with van der Waals surface area (Å²) in [4.78, 5) is 10.7. The summed E-state index contributed by atoms with van der Waals surface area (Å²) in [5.74, 6) is 0.646. The topological polar surface area (TPSA) is 87.6 Å². The van der Waals surface area contributed by atoms with Crippen molar-refractivity contribution in [2.75, 3.05) is 11.8 Å². The summed E-state index contributed by atoms with van der Waals surface area (Å²) >= 11 is 12.7. The number of carbonyl (C=O) groups is 1. The maximum Gasteiger partial charge on any atom is 0.418 e. The van der Waals surface area contributed by atoms with Crippen molar-refractivity contribution in [1.82, 2.24) is 14.5 Å². The van der Waals surface area contributed by atoms with Crippen LogP contribution in [0, 0.1) is 0 Å². The Hall–Kier alpha value is -1.90. The maximum atomic E-state index is 10.7. The van der Waals surface area contributed by atoms with Crippen LogP contribution in [0.2, 0.25) is 10.2 Å². The smallest absolute Gasteiger partial charge is 0.418 e. The molecule has 1 aromatic heterocycles. The lowest BCUT2D eigenvalue weighted by atomic mass is 10.3. The van der Waals surface area contributed by atoms with Crippen molar-refractivity contribution < 1.29 is 14.6 Å².